The van der Waals surface area contributed by atoms with Crippen molar-refractivity contribution < 1.29 is 8.42 Å². The minimum Gasteiger partial charge on any atom is -0.369 e. The number of thiophene rings is 1. The quantitative estimate of drug-likeness (QED) is 0.712. The van der Waals surface area contributed by atoms with Crippen LogP contribution in [0.15, 0.2) is 38.8 Å². The zero-order valence-electron chi connectivity index (χ0n) is 15.4. The molecule has 9 heteroatoms. The number of para-hydroxylation sites is 1. The molecule has 1 aliphatic heterocycles. The van der Waals surface area contributed by atoms with E-state index in [1.54, 1.807) is 30.5 Å². The van der Waals surface area contributed by atoms with E-state index in [0.29, 0.717) is 13.4 Å². The molecule has 0 spiro atoms. The van der Waals surface area contributed by atoms with E-state index < -0.39 is 22.0 Å². The van der Waals surface area contributed by atoms with Crippen molar-refractivity contribution in [2.24, 2.45) is 0 Å². The molecule has 1 aliphatic rings. The highest BCUT2D eigenvalue weighted by Gasteiger charge is 2.19. The highest BCUT2D eigenvalue weighted by Crippen LogP contribution is 2.36. The van der Waals surface area contributed by atoms with Crippen molar-refractivity contribution in [1.82, 2.24) is 4.31 Å². The Morgan fingerprint density at radius 2 is 1.70 bits per heavy atom. The van der Waals surface area contributed by atoms with Crippen LogP contribution in [-0.4, -0.2) is 39.9 Å². The van der Waals surface area contributed by atoms with Crippen LogP contribution in [0.25, 0.3) is 0 Å². The van der Waals surface area contributed by atoms with Crippen molar-refractivity contribution in [1.29, 1.82) is 0 Å². The fourth-order valence-corrected chi connectivity index (χ4v) is 6.86. The van der Waals surface area contributed by atoms with Gasteiger partial charge in [0, 0.05) is 13.1 Å². The third-order valence-electron chi connectivity index (χ3n) is 4.35. The molecule has 1 aromatic carbocycles. The lowest BCUT2D eigenvalue weighted by Crippen LogP contribution is -2.25. The lowest BCUT2D eigenvalue weighted by atomic mass is 10.2. The first kappa shape index (κ1) is 20.8. The van der Waals surface area contributed by atoms with Crippen molar-refractivity contribution in [2.45, 2.75) is 34.1 Å². The highest BCUT2D eigenvalue weighted by atomic mass is 35.5. The summed E-state index contributed by atoms with van der Waals surface area (Å²) in [5.74, 6) is 0. The molecular formula is C18H24ClN3O2S3. The number of anilines is 2. The van der Waals surface area contributed by atoms with Crippen LogP contribution in [0.2, 0.25) is 5.02 Å². The van der Waals surface area contributed by atoms with Gasteiger partial charge >= 0.3 is 0 Å². The summed E-state index contributed by atoms with van der Waals surface area (Å²) in [6.45, 7) is 1.91. The fourth-order valence-electron chi connectivity index (χ4n) is 3.04. The minimum atomic E-state index is -1.44. The van der Waals surface area contributed by atoms with Crippen LogP contribution in [-0.2, 0) is 22.0 Å². The standard InChI is InChI=1S/C18H24ClN3O2S3/c1-21(2)27(24)17-11-10-16(25-17)26(23)20-15-9-7-8-14(19)18(15)22-12-5-3-4-6-13-22/h7-11,20H,3-6,12-13H2,1-2H3. The van der Waals surface area contributed by atoms with E-state index in [4.69, 9.17) is 11.6 Å². The molecule has 0 aliphatic carbocycles. The summed E-state index contributed by atoms with van der Waals surface area (Å²) < 4.78 is 31.1. The first-order valence-electron chi connectivity index (χ1n) is 8.88. The Hall–Kier alpha value is -0.930. The van der Waals surface area contributed by atoms with Crippen molar-refractivity contribution in [3.05, 3.63) is 35.4 Å². The number of hydrogen-bond acceptors (Lipinski definition) is 4. The lowest BCUT2D eigenvalue weighted by Gasteiger charge is -2.26. The maximum absolute atomic E-state index is 12.9. The molecule has 2 unspecified atom stereocenters. The van der Waals surface area contributed by atoms with Gasteiger partial charge in [0.25, 0.3) is 0 Å². The first-order valence-corrected chi connectivity index (χ1v) is 12.3. The van der Waals surface area contributed by atoms with Gasteiger partial charge in [-0.05, 0) is 51.2 Å². The molecule has 27 heavy (non-hydrogen) atoms. The van der Waals surface area contributed by atoms with Crippen LogP contribution in [0.1, 0.15) is 25.7 Å². The molecule has 3 rings (SSSR count). The van der Waals surface area contributed by atoms with Gasteiger partial charge in [-0.15, -0.1) is 11.3 Å². The Bertz CT molecular complexity index is 833. The maximum Gasteiger partial charge on any atom is 0.160 e. The van der Waals surface area contributed by atoms with E-state index in [2.05, 4.69) is 9.62 Å². The van der Waals surface area contributed by atoms with Gasteiger partial charge in [0.1, 0.15) is 19.4 Å². The largest absolute Gasteiger partial charge is 0.369 e. The molecule has 2 heterocycles. The normalized spacial score (nSPS) is 17.6. The fraction of sp³-hybridized carbons (Fsp3) is 0.444. The van der Waals surface area contributed by atoms with Crippen LogP contribution in [0, 0.1) is 0 Å². The number of nitrogens with one attached hydrogen (secondary N) is 1. The summed E-state index contributed by atoms with van der Waals surface area (Å²) in [6, 6.07) is 9.18. The third kappa shape index (κ3) is 5.12. The number of rotatable bonds is 6. The summed E-state index contributed by atoms with van der Waals surface area (Å²) in [6.07, 6.45) is 4.74. The molecule has 2 atom stereocenters. The summed E-state index contributed by atoms with van der Waals surface area (Å²) in [4.78, 5) is 2.29. The van der Waals surface area contributed by atoms with E-state index in [1.165, 1.54) is 24.2 Å². The molecule has 0 amide bonds. The molecule has 1 aromatic heterocycles. The minimum absolute atomic E-state index is 0.641. The van der Waals surface area contributed by atoms with Gasteiger partial charge < -0.3 is 4.90 Å². The van der Waals surface area contributed by atoms with Gasteiger partial charge in [0.15, 0.2) is 11.0 Å². The third-order valence-corrected chi connectivity index (χ3v) is 8.77. The monoisotopic (exact) mass is 445 g/mol. The van der Waals surface area contributed by atoms with E-state index in [0.717, 1.165) is 37.3 Å². The second-order valence-corrected chi connectivity index (χ2v) is 11.4. The van der Waals surface area contributed by atoms with E-state index in [1.807, 2.05) is 18.2 Å². The molecular weight excluding hydrogens is 422 g/mol. The van der Waals surface area contributed by atoms with E-state index in [9.17, 15) is 8.42 Å². The Kier molecular flexibility index (Phi) is 7.33. The molecule has 148 valence electrons. The average Bonchev–Trinajstić information content (AvgIpc) is 2.98. The van der Waals surface area contributed by atoms with Crippen LogP contribution in [0.5, 0.6) is 0 Å². The molecule has 1 fully saturated rings. The van der Waals surface area contributed by atoms with Crippen LogP contribution in [0.3, 0.4) is 0 Å². The Labute approximate surface area is 174 Å². The van der Waals surface area contributed by atoms with Crippen LogP contribution >= 0.6 is 22.9 Å². The SMILES string of the molecule is CN(C)S(=O)c1ccc(S(=O)Nc2cccc(Cl)c2N2CCCCCC2)s1. The number of halogens is 1. The second kappa shape index (κ2) is 9.52. The van der Waals surface area contributed by atoms with Crippen molar-refractivity contribution in [2.75, 3.05) is 36.8 Å². The molecule has 0 bridgehead atoms. The van der Waals surface area contributed by atoms with Crippen LogP contribution < -0.4 is 9.62 Å². The summed E-state index contributed by atoms with van der Waals surface area (Å²) in [5, 5.41) is 0.666. The predicted octanol–water partition coefficient (Wildman–Crippen LogP) is 4.50. The molecule has 1 saturated heterocycles. The van der Waals surface area contributed by atoms with Gasteiger partial charge in [-0.1, -0.05) is 30.5 Å². The van der Waals surface area contributed by atoms with Crippen LogP contribution in [0.4, 0.5) is 11.4 Å². The second-order valence-electron chi connectivity index (χ2n) is 6.54. The average molecular weight is 446 g/mol. The number of benzene rings is 1. The maximum atomic E-state index is 12.9. The van der Waals surface area contributed by atoms with Crippen molar-refractivity contribution in [3.63, 3.8) is 0 Å². The summed E-state index contributed by atoms with van der Waals surface area (Å²) >= 11 is 7.80. The molecule has 0 saturated carbocycles. The van der Waals surface area contributed by atoms with E-state index >= 15 is 0 Å². The van der Waals surface area contributed by atoms with Gasteiger partial charge in [-0.2, -0.15) is 0 Å². The topological polar surface area (TPSA) is 52.7 Å². The molecule has 2 aromatic rings. The van der Waals surface area contributed by atoms with Gasteiger partial charge in [-0.3, -0.25) is 4.72 Å². The smallest absolute Gasteiger partial charge is 0.160 e. The highest BCUT2D eigenvalue weighted by molar-refractivity contribution is 7.90. The Balaban J connectivity index is 1.82. The van der Waals surface area contributed by atoms with Crippen molar-refractivity contribution in [3.8, 4) is 0 Å². The first-order chi connectivity index (χ1) is 13.0. The van der Waals surface area contributed by atoms with Gasteiger partial charge in [0.05, 0.1) is 16.4 Å². The van der Waals surface area contributed by atoms with Gasteiger partial charge in [-0.25, -0.2) is 12.7 Å². The number of nitrogens with zero attached hydrogens (tertiary/aromatic N) is 2. The zero-order chi connectivity index (χ0) is 19.4. The molecule has 5 nitrogen and oxygen atoms in total. The van der Waals surface area contributed by atoms with E-state index in [-0.39, 0.29) is 0 Å². The molecule has 1 N–H and O–H groups in total. The zero-order valence-corrected chi connectivity index (χ0v) is 18.6. The summed E-state index contributed by atoms with van der Waals surface area (Å²) in [7, 11) is 0.837. The Morgan fingerprint density at radius 1 is 1.04 bits per heavy atom. The van der Waals surface area contributed by atoms with Crippen molar-refractivity contribution >= 4 is 56.3 Å². The lowest BCUT2D eigenvalue weighted by molar-refractivity contribution is 0.605. The number of hydrogen-bond donors (Lipinski definition) is 1. The van der Waals surface area contributed by atoms with Gasteiger partial charge in [0.2, 0.25) is 0 Å². The molecule has 0 radical (unpaired) electrons. The Morgan fingerprint density at radius 3 is 2.37 bits per heavy atom. The predicted molar refractivity (Wildman–Crippen MR) is 117 cm³/mol. The summed E-state index contributed by atoms with van der Waals surface area (Å²) in [5.41, 5.74) is 1.69.